The Balaban J connectivity index is 1.75. The van der Waals surface area contributed by atoms with Gasteiger partial charge in [0.05, 0.1) is 11.0 Å². The van der Waals surface area contributed by atoms with E-state index >= 15 is 0 Å². The predicted molar refractivity (Wildman–Crippen MR) is 101 cm³/mol. The third kappa shape index (κ3) is 4.02. The summed E-state index contributed by atoms with van der Waals surface area (Å²) in [5, 5.41) is 2.66. The second-order valence-electron chi connectivity index (χ2n) is 5.71. The summed E-state index contributed by atoms with van der Waals surface area (Å²) in [5.74, 6) is 0. The standard InChI is InChI=1S/C18H16BrN3O4/c1-10(11-5-3-2-4-6-11)26-18(25)20-9-12-7-13(19)8-14-15(12)22-17(24)16(23)21-14/h2-8,10H,9H2,1H3,(H,20,25)(H,21,23)(H,22,24). The van der Waals surface area contributed by atoms with Crippen LogP contribution in [0.5, 0.6) is 0 Å². The fraction of sp³-hybridized carbons (Fsp3) is 0.167. The molecular formula is C18H16BrN3O4. The van der Waals surface area contributed by atoms with E-state index in [9.17, 15) is 14.4 Å². The van der Waals surface area contributed by atoms with Crippen LogP contribution in [-0.4, -0.2) is 16.1 Å². The van der Waals surface area contributed by atoms with Gasteiger partial charge in [0, 0.05) is 11.0 Å². The smallest absolute Gasteiger partial charge is 0.408 e. The molecule has 1 atom stereocenters. The van der Waals surface area contributed by atoms with Gasteiger partial charge in [-0.1, -0.05) is 46.3 Å². The summed E-state index contributed by atoms with van der Waals surface area (Å²) in [5.41, 5.74) is 0.956. The summed E-state index contributed by atoms with van der Waals surface area (Å²) in [7, 11) is 0. The van der Waals surface area contributed by atoms with Crippen LogP contribution in [0.25, 0.3) is 11.0 Å². The fourth-order valence-corrected chi connectivity index (χ4v) is 3.07. The molecule has 2 aromatic carbocycles. The number of aromatic amines is 2. The normalized spacial score (nSPS) is 11.9. The number of hydrogen-bond donors (Lipinski definition) is 3. The summed E-state index contributed by atoms with van der Waals surface area (Å²) in [6.07, 6.45) is -0.979. The van der Waals surface area contributed by atoms with Gasteiger partial charge in [-0.2, -0.15) is 0 Å². The van der Waals surface area contributed by atoms with Crippen LogP contribution in [0.15, 0.2) is 56.5 Å². The molecule has 3 aromatic rings. The second-order valence-corrected chi connectivity index (χ2v) is 6.62. The Morgan fingerprint density at radius 1 is 1.15 bits per heavy atom. The molecule has 0 aliphatic carbocycles. The van der Waals surface area contributed by atoms with Crippen molar-refractivity contribution in [1.82, 2.24) is 15.3 Å². The summed E-state index contributed by atoms with van der Waals surface area (Å²) in [6, 6.07) is 12.8. The molecule has 3 N–H and O–H groups in total. The van der Waals surface area contributed by atoms with Crippen molar-refractivity contribution in [1.29, 1.82) is 0 Å². The highest BCUT2D eigenvalue weighted by Gasteiger charge is 2.12. The zero-order chi connectivity index (χ0) is 18.7. The number of alkyl carbamates (subject to hydrolysis) is 1. The monoisotopic (exact) mass is 417 g/mol. The maximum absolute atomic E-state index is 12.1. The molecule has 0 saturated carbocycles. The Labute approximate surface area is 156 Å². The van der Waals surface area contributed by atoms with Gasteiger partial charge < -0.3 is 20.0 Å². The number of hydrogen-bond acceptors (Lipinski definition) is 4. The molecule has 8 heteroatoms. The van der Waals surface area contributed by atoms with Gasteiger partial charge in [0.25, 0.3) is 0 Å². The zero-order valence-electron chi connectivity index (χ0n) is 13.8. The molecule has 1 aromatic heterocycles. The molecule has 0 spiro atoms. The van der Waals surface area contributed by atoms with E-state index < -0.39 is 23.3 Å². The molecule has 3 rings (SSSR count). The first-order valence-electron chi connectivity index (χ1n) is 7.88. The highest BCUT2D eigenvalue weighted by atomic mass is 79.9. The van der Waals surface area contributed by atoms with Crippen LogP contribution in [0.2, 0.25) is 0 Å². The number of H-pyrrole nitrogens is 2. The van der Waals surface area contributed by atoms with Crippen LogP contribution in [0.4, 0.5) is 4.79 Å². The van der Waals surface area contributed by atoms with E-state index in [4.69, 9.17) is 4.74 Å². The molecule has 1 amide bonds. The number of carbonyl (C=O) groups excluding carboxylic acids is 1. The highest BCUT2D eigenvalue weighted by Crippen LogP contribution is 2.20. The molecule has 0 aliphatic heterocycles. The Hall–Kier alpha value is -2.87. The minimum absolute atomic E-state index is 0.123. The van der Waals surface area contributed by atoms with Gasteiger partial charge in [-0.3, -0.25) is 9.59 Å². The number of rotatable bonds is 4. The minimum Gasteiger partial charge on any atom is -0.442 e. The van der Waals surface area contributed by atoms with Crippen LogP contribution in [0.3, 0.4) is 0 Å². The maximum atomic E-state index is 12.1. The number of fused-ring (bicyclic) bond motifs is 1. The lowest BCUT2D eigenvalue weighted by Gasteiger charge is -2.14. The lowest BCUT2D eigenvalue weighted by molar-refractivity contribution is 0.106. The van der Waals surface area contributed by atoms with E-state index in [1.807, 2.05) is 30.3 Å². The number of carbonyl (C=O) groups is 1. The van der Waals surface area contributed by atoms with Crippen molar-refractivity contribution < 1.29 is 9.53 Å². The van der Waals surface area contributed by atoms with E-state index in [-0.39, 0.29) is 6.54 Å². The van der Waals surface area contributed by atoms with Crippen molar-refractivity contribution >= 4 is 33.1 Å². The summed E-state index contributed by atoms with van der Waals surface area (Å²) in [4.78, 5) is 40.2. The first-order valence-corrected chi connectivity index (χ1v) is 8.67. The Kier molecular flexibility index (Phi) is 5.22. The molecule has 0 saturated heterocycles. The van der Waals surface area contributed by atoms with Crippen molar-refractivity contribution in [3.8, 4) is 0 Å². The van der Waals surface area contributed by atoms with E-state index in [1.54, 1.807) is 19.1 Å². The molecule has 0 bridgehead atoms. The molecule has 1 unspecified atom stereocenters. The molecule has 0 radical (unpaired) electrons. The van der Waals surface area contributed by atoms with Crippen LogP contribution in [0.1, 0.15) is 24.2 Å². The maximum Gasteiger partial charge on any atom is 0.408 e. The van der Waals surface area contributed by atoms with Gasteiger partial charge in [0.15, 0.2) is 0 Å². The van der Waals surface area contributed by atoms with E-state index in [1.165, 1.54) is 0 Å². The average Bonchev–Trinajstić information content (AvgIpc) is 2.62. The Morgan fingerprint density at radius 3 is 2.58 bits per heavy atom. The number of benzene rings is 2. The topological polar surface area (TPSA) is 104 Å². The third-order valence-corrected chi connectivity index (χ3v) is 4.31. The minimum atomic E-state index is -0.749. The van der Waals surface area contributed by atoms with Gasteiger partial charge in [-0.05, 0) is 30.2 Å². The summed E-state index contributed by atoms with van der Waals surface area (Å²) < 4.78 is 6.06. The largest absolute Gasteiger partial charge is 0.442 e. The average molecular weight is 418 g/mol. The number of ether oxygens (including phenoxy) is 1. The van der Waals surface area contributed by atoms with Crippen molar-refractivity contribution in [2.45, 2.75) is 19.6 Å². The van der Waals surface area contributed by atoms with Crippen LogP contribution >= 0.6 is 15.9 Å². The van der Waals surface area contributed by atoms with Gasteiger partial charge in [-0.15, -0.1) is 0 Å². The molecule has 0 aliphatic rings. The van der Waals surface area contributed by atoms with Gasteiger partial charge >= 0.3 is 17.2 Å². The molecule has 0 fully saturated rings. The number of nitrogens with one attached hydrogen (secondary N) is 3. The van der Waals surface area contributed by atoms with Crippen LogP contribution < -0.4 is 16.4 Å². The number of aromatic nitrogens is 2. The van der Waals surface area contributed by atoms with Crippen molar-refractivity contribution in [2.75, 3.05) is 0 Å². The van der Waals surface area contributed by atoms with Crippen molar-refractivity contribution in [3.05, 3.63) is 78.8 Å². The Morgan fingerprint density at radius 2 is 1.85 bits per heavy atom. The fourth-order valence-electron chi connectivity index (χ4n) is 2.56. The highest BCUT2D eigenvalue weighted by molar-refractivity contribution is 9.10. The number of halogens is 1. The summed E-state index contributed by atoms with van der Waals surface area (Å²) >= 11 is 3.35. The third-order valence-electron chi connectivity index (χ3n) is 3.85. The lowest BCUT2D eigenvalue weighted by Crippen LogP contribution is -2.30. The SMILES string of the molecule is CC(OC(=O)NCc1cc(Br)cc2[nH]c(=O)c(=O)[nH]c12)c1ccccc1. The number of amides is 1. The van der Waals surface area contributed by atoms with Crippen molar-refractivity contribution in [2.24, 2.45) is 0 Å². The first kappa shape index (κ1) is 17.9. The quantitative estimate of drug-likeness (QED) is 0.567. The van der Waals surface area contributed by atoms with E-state index in [0.717, 1.165) is 5.56 Å². The predicted octanol–water partition coefficient (Wildman–Crippen LogP) is 2.97. The second kappa shape index (κ2) is 7.57. The Bertz CT molecular complexity index is 1060. The van der Waals surface area contributed by atoms with Crippen molar-refractivity contribution in [3.63, 3.8) is 0 Å². The molecule has 7 nitrogen and oxygen atoms in total. The zero-order valence-corrected chi connectivity index (χ0v) is 15.4. The molecular weight excluding hydrogens is 402 g/mol. The van der Waals surface area contributed by atoms with Gasteiger partial charge in [-0.25, -0.2) is 4.79 Å². The van der Waals surface area contributed by atoms with Gasteiger partial charge in [0.1, 0.15) is 6.10 Å². The van der Waals surface area contributed by atoms with E-state index in [0.29, 0.717) is 21.1 Å². The molecule has 26 heavy (non-hydrogen) atoms. The lowest BCUT2D eigenvalue weighted by atomic mass is 10.1. The first-order chi connectivity index (χ1) is 12.4. The van der Waals surface area contributed by atoms with Crippen LogP contribution in [0, 0.1) is 0 Å². The van der Waals surface area contributed by atoms with Gasteiger partial charge in [0.2, 0.25) is 0 Å². The summed E-state index contributed by atoms with van der Waals surface area (Å²) in [6.45, 7) is 1.91. The van der Waals surface area contributed by atoms with E-state index in [2.05, 4.69) is 31.2 Å². The van der Waals surface area contributed by atoms with Crippen LogP contribution in [-0.2, 0) is 11.3 Å². The molecule has 134 valence electrons. The molecule has 1 heterocycles.